The van der Waals surface area contributed by atoms with E-state index in [1.807, 2.05) is 19.1 Å². The first-order valence-corrected chi connectivity index (χ1v) is 10.5. The fourth-order valence-corrected chi connectivity index (χ4v) is 4.86. The highest BCUT2D eigenvalue weighted by Gasteiger charge is 2.21. The van der Waals surface area contributed by atoms with E-state index < -0.39 is 15.8 Å². The van der Waals surface area contributed by atoms with E-state index in [4.69, 9.17) is 0 Å². The Bertz CT molecular complexity index is 860. The van der Waals surface area contributed by atoms with Crippen molar-refractivity contribution in [1.29, 1.82) is 0 Å². The second kappa shape index (κ2) is 7.76. The molecule has 0 aromatic heterocycles. The molecule has 1 saturated heterocycles. The number of halogens is 1. The van der Waals surface area contributed by atoms with Gasteiger partial charge in [-0.05, 0) is 74.6 Å². The van der Waals surface area contributed by atoms with E-state index in [2.05, 4.69) is 21.8 Å². The van der Waals surface area contributed by atoms with Gasteiger partial charge in [0.05, 0.1) is 4.90 Å². The maximum Gasteiger partial charge on any atom is 0.241 e. The molecule has 0 bridgehead atoms. The summed E-state index contributed by atoms with van der Waals surface area (Å²) < 4.78 is 41.2. The minimum absolute atomic E-state index is 0.107. The Balaban J connectivity index is 1.73. The highest BCUT2D eigenvalue weighted by Crippen LogP contribution is 2.24. The number of hydrogen-bond acceptors (Lipinski definition) is 3. The van der Waals surface area contributed by atoms with E-state index in [9.17, 15) is 12.8 Å². The highest BCUT2D eigenvalue weighted by atomic mass is 32.2. The fraction of sp³-hybridized carbons (Fsp3) is 0.400. The smallest absolute Gasteiger partial charge is 0.241 e. The summed E-state index contributed by atoms with van der Waals surface area (Å²) in [6.07, 6.45) is 3.72. The van der Waals surface area contributed by atoms with Crippen LogP contribution in [0.3, 0.4) is 0 Å². The molecular formula is C20H25FN2O2S. The average molecular weight is 376 g/mol. The summed E-state index contributed by atoms with van der Waals surface area (Å²) in [5.41, 5.74) is 2.47. The molecular weight excluding hydrogens is 351 g/mol. The van der Waals surface area contributed by atoms with Gasteiger partial charge in [0.25, 0.3) is 0 Å². The van der Waals surface area contributed by atoms with Crippen LogP contribution in [0.2, 0.25) is 0 Å². The summed E-state index contributed by atoms with van der Waals surface area (Å²) in [7, 11) is -3.71. The minimum atomic E-state index is -3.71. The molecule has 1 atom stereocenters. The van der Waals surface area contributed by atoms with E-state index in [1.54, 1.807) is 6.92 Å². The van der Waals surface area contributed by atoms with E-state index in [0.29, 0.717) is 5.56 Å². The monoisotopic (exact) mass is 376 g/mol. The van der Waals surface area contributed by atoms with Crippen LogP contribution in [0.4, 0.5) is 10.1 Å². The number of piperidine rings is 1. The normalized spacial score (nSPS) is 16.5. The number of hydrogen-bond donors (Lipinski definition) is 1. The van der Waals surface area contributed by atoms with Crippen molar-refractivity contribution in [2.75, 3.05) is 18.0 Å². The molecule has 1 heterocycles. The molecule has 0 spiro atoms. The van der Waals surface area contributed by atoms with Gasteiger partial charge in [-0.2, -0.15) is 0 Å². The molecule has 1 unspecified atom stereocenters. The van der Waals surface area contributed by atoms with Crippen molar-refractivity contribution in [3.05, 3.63) is 59.4 Å². The maximum absolute atomic E-state index is 13.2. The van der Waals surface area contributed by atoms with Crippen molar-refractivity contribution in [1.82, 2.24) is 4.72 Å². The van der Waals surface area contributed by atoms with Crippen molar-refractivity contribution in [3.8, 4) is 0 Å². The second-order valence-corrected chi connectivity index (χ2v) is 8.57. The van der Waals surface area contributed by atoms with Gasteiger partial charge in [-0.25, -0.2) is 17.5 Å². The summed E-state index contributed by atoms with van der Waals surface area (Å²) in [6.45, 7) is 5.55. The lowest BCUT2D eigenvalue weighted by atomic mass is 10.1. The third-order valence-electron chi connectivity index (χ3n) is 4.87. The standard InChI is InChI=1S/C20H25FN2O2S/c1-15-14-18(21)8-11-20(15)26(24,25)22-16(2)17-6-9-19(10-7-17)23-12-4-3-5-13-23/h6-11,14,16,22H,3-5,12-13H2,1-2H3. The molecule has 1 aliphatic rings. The SMILES string of the molecule is Cc1cc(F)ccc1S(=O)(=O)NC(C)c1ccc(N2CCCCC2)cc1. The lowest BCUT2D eigenvalue weighted by molar-refractivity contribution is 0.565. The first kappa shape index (κ1) is 18.9. The van der Waals surface area contributed by atoms with Crippen molar-refractivity contribution in [2.24, 2.45) is 0 Å². The number of rotatable bonds is 5. The number of nitrogens with zero attached hydrogens (tertiary/aromatic N) is 1. The molecule has 1 N–H and O–H groups in total. The lowest BCUT2D eigenvalue weighted by Gasteiger charge is -2.29. The van der Waals surface area contributed by atoms with E-state index in [1.165, 1.54) is 43.1 Å². The molecule has 0 radical (unpaired) electrons. The third-order valence-corrected chi connectivity index (χ3v) is 6.57. The van der Waals surface area contributed by atoms with Crippen molar-refractivity contribution < 1.29 is 12.8 Å². The van der Waals surface area contributed by atoms with Crippen LogP contribution in [0.1, 0.15) is 43.4 Å². The van der Waals surface area contributed by atoms with Gasteiger partial charge in [-0.1, -0.05) is 12.1 Å². The number of benzene rings is 2. The molecule has 0 aliphatic carbocycles. The molecule has 1 aliphatic heterocycles. The van der Waals surface area contributed by atoms with Crippen LogP contribution in [0, 0.1) is 12.7 Å². The van der Waals surface area contributed by atoms with E-state index in [-0.39, 0.29) is 10.9 Å². The molecule has 26 heavy (non-hydrogen) atoms. The van der Waals surface area contributed by atoms with Crippen molar-refractivity contribution in [2.45, 2.75) is 44.0 Å². The predicted octanol–water partition coefficient (Wildman–Crippen LogP) is 4.16. The summed E-state index contributed by atoms with van der Waals surface area (Å²) >= 11 is 0. The van der Waals surface area contributed by atoms with Crippen LogP contribution in [0.5, 0.6) is 0 Å². The number of sulfonamides is 1. The van der Waals surface area contributed by atoms with Gasteiger partial charge >= 0.3 is 0 Å². The number of nitrogens with one attached hydrogen (secondary N) is 1. The molecule has 2 aromatic rings. The van der Waals surface area contributed by atoms with Gasteiger partial charge < -0.3 is 4.90 Å². The zero-order valence-electron chi connectivity index (χ0n) is 15.2. The van der Waals surface area contributed by atoms with Gasteiger partial charge in [-0.15, -0.1) is 0 Å². The van der Waals surface area contributed by atoms with E-state index >= 15 is 0 Å². The quantitative estimate of drug-likeness (QED) is 0.852. The van der Waals surface area contributed by atoms with Crippen molar-refractivity contribution >= 4 is 15.7 Å². The predicted molar refractivity (Wildman–Crippen MR) is 102 cm³/mol. The molecule has 1 fully saturated rings. The Labute approximate surface area is 155 Å². The van der Waals surface area contributed by atoms with Crippen LogP contribution in [0.15, 0.2) is 47.4 Å². The lowest BCUT2D eigenvalue weighted by Crippen LogP contribution is -2.29. The summed E-state index contributed by atoms with van der Waals surface area (Å²) in [4.78, 5) is 2.47. The largest absolute Gasteiger partial charge is 0.372 e. The van der Waals surface area contributed by atoms with Crippen LogP contribution in [0.25, 0.3) is 0 Å². The first-order valence-electron chi connectivity index (χ1n) is 9.00. The molecule has 6 heteroatoms. The molecule has 4 nitrogen and oxygen atoms in total. The molecule has 2 aromatic carbocycles. The minimum Gasteiger partial charge on any atom is -0.372 e. The zero-order valence-corrected chi connectivity index (χ0v) is 16.0. The van der Waals surface area contributed by atoms with Gasteiger partial charge in [0.2, 0.25) is 10.0 Å². The van der Waals surface area contributed by atoms with Gasteiger partial charge in [0, 0.05) is 24.8 Å². The van der Waals surface area contributed by atoms with Crippen LogP contribution < -0.4 is 9.62 Å². The summed E-state index contributed by atoms with van der Waals surface area (Å²) in [6, 6.07) is 11.4. The highest BCUT2D eigenvalue weighted by molar-refractivity contribution is 7.89. The van der Waals surface area contributed by atoms with Crippen molar-refractivity contribution in [3.63, 3.8) is 0 Å². The topological polar surface area (TPSA) is 49.4 Å². The fourth-order valence-electron chi connectivity index (χ4n) is 3.40. The molecule has 0 saturated carbocycles. The Morgan fingerprint density at radius 1 is 1.04 bits per heavy atom. The van der Waals surface area contributed by atoms with Gasteiger partial charge in [0.15, 0.2) is 0 Å². The Hall–Kier alpha value is -1.92. The molecule has 0 amide bonds. The number of aryl methyl sites for hydroxylation is 1. The third kappa shape index (κ3) is 4.24. The zero-order chi connectivity index (χ0) is 18.7. The van der Waals surface area contributed by atoms with Crippen LogP contribution in [-0.4, -0.2) is 21.5 Å². The Morgan fingerprint density at radius 3 is 2.31 bits per heavy atom. The Morgan fingerprint density at radius 2 is 1.69 bits per heavy atom. The van der Waals surface area contributed by atoms with Crippen LogP contribution >= 0.6 is 0 Å². The summed E-state index contributed by atoms with van der Waals surface area (Å²) in [5, 5.41) is 0. The number of anilines is 1. The van der Waals surface area contributed by atoms with Crippen LogP contribution in [-0.2, 0) is 10.0 Å². The Kier molecular flexibility index (Phi) is 5.63. The second-order valence-electron chi connectivity index (χ2n) is 6.89. The molecule has 140 valence electrons. The average Bonchev–Trinajstić information content (AvgIpc) is 2.62. The van der Waals surface area contributed by atoms with Gasteiger partial charge in [-0.3, -0.25) is 0 Å². The van der Waals surface area contributed by atoms with Gasteiger partial charge in [0.1, 0.15) is 5.82 Å². The maximum atomic E-state index is 13.2. The molecule has 3 rings (SSSR count). The van der Waals surface area contributed by atoms with E-state index in [0.717, 1.165) is 18.7 Å². The summed E-state index contributed by atoms with van der Waals surface area (Å²) in [5.74, 6) is -0.442. The first-order chi connectivity index (χ1) is 12.4.